The molecule has 46 valence electrons. The zero-order valence-electron chi connectivity index (χ0n) is 5.05. The van der Waals surface area contributed by atoms with Crippen molar-refractivity contribution >= 4 is 17.2 Å². The molecule has 1 unspecified atom stereocenters. The van der Waals surface area contributed by atoms with E-state index in [4.69, 9.17) is 18.0 Å². The Morgan fingerprint density at radius 3 is 2.62 bits per heavy atom. The summed E-state index contributed by atoms with van der Waals surface area (Å²) in [5.74, 6) is 0.308. The van der Waals surface area contributed by atoms with Crippen LogP contribution >= 0.6 is 12.2 Å². The summed E-state index contributed by atoms with van der Waals surface area (Å²) in [4.78, 5) is 0.574. The molecule has 2 heteroatoms. The van der Waals surface area contributed by atoms with Crippen molar-refractivity contribution < 1.29 is 0 Å². The Hall–Kier alpha value is -0.370. The molecule has 0 rings (SSSR count). The molecule has 0 radical (unpaired) electrons. The highest BCUT2D eigenvalue weighted by molar-refractivity contribution is 7.80. The number of rotatable bonds is 3. The van der Waals surface area contributed by atoms with Crippen LogP contribution in [0.1, 0.15) is 13.3 Å². The van der Waals surface area contributed by atoms with Gasteiger partial charge in [-0.05, 0) is 6.42 Å². The zero-order chi connectivity index (χ0) is 6.57. The summed E-state index contributed by atoms with van der Waals surface area (Å²) in [5, 5.41) is 0. The van der Waals surface area contributed by atoms with Crippen molar-refractivity contribution in [2.75, 3.05) is 0 Å². The van der Waals surface area contributed by atoms with Gasteiger partial charge >= 0.3 is 0 Å². The molecule has 0 fully saturated rings. The van der Waals surface area contributed by atoms with Gasteiger partial charge in [0.05, 0.1) is 4.99 Å². The molecule has 1 atom stereocenters. The number of hydrogen-bond acceptors (Lipinski definition) is 1. The van der Waals surface area contributed by atoms with Gasteiger partial charge in [-0.15, -0.1) is 6.58 Å². The van der Waals surface area contributed by atoms with Crippen molar-refractivity contribution in [2.24, 2.45) is 11.7 Å². The minimum absolute atomic E-state index is 0.308. The fourth-order valence-corrected chi connectivity index (χ4v) is 0.462. The van der Waals surface area contributed by atoms with Crippen LogP contribution in [0.3, 0.4) is 0 Å². The summed E-state index contributed by atoms with van der Waals surface area (Å²) in [6.07, 6.45) is 2.71. The first-order valence-electron chi connectivity index (χ1n) is 2.58. The molecule has 0 heterocycles. The van der Waals surface area contributed by atoms with Gasteiger partial charge in [0.15, 0.2) is 0 Å². The molecule has 0 aliphatic carbocycles. The smallest absolute Gasteiger partial charge is 0.0759 e. The van der Waals surface area contributed by atoms with E-state index >= 15 is 0 Å². The zero-order valence-corrected chi connectivity index (χ0v) is 5.87. The van der Waals surface area contributed by atoms with E-state index in [1.54, 1.807) is 0 Å². The Morgan fingerprint density at radius 2 is 2.50 bits per heavy atom. The molecule has 0 aromatic heterocycles. The average molecular weight is 129 g/mol. The summed E-state index contributed by atoms with van der Waals surface area (Å²) >= 11 is 4.71. The molecule has 0 saturated heterocycles. The van der Waals surface area contributed by atoms with Crippen molar-refractivity contribution in [1.82, 2.24) is 0 Å². The van der Waals surface area contributed by atoms with E-state index in [1.807, 2.05) is 13.0 Å². The third kappa shape index (κ3) is 2.75. The quantitative estimate of drug-likeness (QED) is 0.461. The Labute approximate surface area is 55.6 Å². The molecule has 0 aliphatic rings. The van der Waals surface area contributed by atoms with Gasteiger partial charge in [0, 0.05) is 5.92 Å². The highest BCUT2D eigenvalue weighted by atomic mass is 32.1. The van der Waals surface area contributed by atoms with Crippen LogP contribution in [0.15, 0.2) is 12.7 Å². The third-order valence-electron chi connectivity index (χ3n) is 1.01. The second-order valence-electron chi connectivity index (χ2n) is 1.83. The van der Waals surface area contributed by atoms with Crippen LogP contribution in [0.5, 0.6) is 0 Å². The lowest BCUT2D eigenvalue weighted by atomic mass is 10.1. The maximum absolute atomic E-state index is 5.31. The first-order chi connectivity index (χ1) is 3.68. The molecule has 8 heavy (non-hydrogen) atoms. The molecule has 0 amide bonds. The van der Waals surface area contributed by atoms with Crippen LogP contribution in [-0.2, 0) is 0 Å². The summed E-state index contributed by atoms with van der Waals surface area (Å²) < 4.78 is 0. The van der Waals surface area contributed by atoms with Crippen LogP contribution in [0, 0.1) is 5.92 Å². The highest BCUT2D eigenvalue weighted by Crippen LogP contribution is 2.00. The van der Waals surface area contributed by atoms with Gasteiger partial charge in [0.2, 0.25) is 0 Å². The van der Waals surface area contributed by atoms with E-state index in [0.717, 1.165) is 6.42 Å². The molecule has 0 saturated carbocycles. The van der Waals surface area contributed by atoms with Gasteiger partial charge < -0.3 is 5.73 Å². The standard InChI is InChI=1S/C6H11NS/c1-3-4-5(2)6(7)8/h3,5H,1,4H2,2H3,(H2,7,8). The normalized spacial score (nSPS) is 12.6. The van der Waals surface area contributed by atoms with Gasteiger partial charge in [-0.25, -0.2) is 0 Å². The van der Waals surface area contributed by atoms with Gasteiger partial charge in [-0.1, -0.05) is 25.2 Å². The van der Waals surface area contributed by atoms with E-state index in [9.17, 15) is 0 Å². The topological polar surface area (TPSA) is 26.0 Å². The van der Waals surface area contributed by atoms with Crippen LogP contribution < -0.4 is 5.73 Å². The monoisotopic (exact) mass is 129 g/mol. The van der Waals surface area contributed by atoms with E-state index < -0.39 is 0 Å². The second kappa shape index (κ2) is 3.61. The summed E-state index contributed by atoms with van der Waals surface area (Å²) in [6.45, 7) is 5.56. The molecule has 2 N–H and O–H groups in total. The minimum Gasteiger partial charge on any atom is -0.393 e. The summed E-state index contributed by atoms with van der Waals surface area (Å²) in [5.41, 5.74) is 5.31. The molecule has 1 nitrogen and oxygen atoms in total. The van der Waals surface area contributed by atoms with Crippen molar-refractivity contribution in [3.8, 4) is 0 Å². The summed E-state index contributed by atoms with van der Waals surface area (Å²) in [6, 6.07) is 0. The van der Waals surface area contributed by atoms with Crippen LogP contribution in [0.4, 0.5) is 0 Å². The Kier molecular flexibility index (Phi) is 3.44. The largest absolute Gasteiger partial charge is 0.393 e. The summed E-state index contributed by atoms with van der Waals surface area (Å²) in [7, 11) is 0. The number of hydrogen-bond donors (Lipinski definition) is 1. The molecule has 0 bridgehead atoms. The van der Waals surface area contributed by atoms with Gasteiger partial charge in [0.25, 0.3) is 0 Å². The molecule has 0 aliphatic heterocycles. The minimum atomic E-state index is 0.308. The van der Waals surface area contributed by atoms with E-state index in [0.29, 0.717) is 10.9 Å². The van der Waals surface area contributed by atoms with Crippen molar-refractivity contribution in [2.45, 2.75) is 13.3 Å². The van der Waals surface area contributed by atoms with Gasteiger partial charge in [-0.2, -0.15) is 0 Å². The van der Waals surface area contributed by atoms with Crippen LogP contribution in [0.25, 0.3) is 0 Å². The lowest BCUT2D eigenvalue weighted by Gasteiger charge is -2.02. The van der Waals surface area contributed by atoms with Gasteiger partial charge in [-0.3, -0.25) is 0 Å². The Morgan fingerprint density at radius 1 is 2.00 bits per heavy atom. The number of allylic oxidation sites excluding steroid dienone is 1. The fraction of sp³-hybridized carbons (Fsp3) is 0.500. The Balaban J connectivity index is 3.46. The van der Waals surface area contributed by atoms with E-state index in [-0.39, 0.29) is 0 Å². The first-order valence-corrected chi connectivity index (χ1v) is 2.99. The second-order valence-corrected chi connectivity index (χ2v) is 2.30. The molecule has 0 aromatic rings. The Bertz CT molecular complexity index is 98.7. The highest BCUT2D eigenvalue weighted by Gasteiger charge is 1.99. The molecular weight excluding hydrogens is 118 g/mol. The van der Waals surface area contributed by atoms with Crippen LogP contribution in [0.2, 0.25) is 0 Å². The van der Waals surface area contributed by atoms with Crippen molar-refractivity contribution in [3.63, 3.8) is 0 Å². The maximum atomic E-state index is 5.31. The van der Waals surface area contributed by atoms with Gasteiger partial charge in [0.1, 0.15) is 0 Å². The van der Waals surface area contributed by atoms with E-state index in [2.05, 4.69) is 6.58 Å². The van der Waals surface area contributed by atoms with Crippen LogP contribution in [-0.4, -0.2) is 4.99 Å². The molecule has 0 spiro atoms. The lowest BCUT2D eigenvalue weighted by molar-refractivity contribution is 0.797. The number of thiocarbonyl (C=S) groups is 1. The third-order valence-corrected chi connectivity index (χ3v) is 1.41. The van der Waals surface area contributed by atoms with Crippen molar-refractivity contribution in [1.29, 1.82) is 0 Å². The van der Waals surface area contributed by atoms with Crippen molar-refractivity contribution in [3.05, 3.63) is 12.7 Å². The first kappa shape index (κ1) is 7.63. The maximum Gasteiger partial charge on any atom is 0.0759 e. The average Bonchev–Trinajstić information content (AvgIpc) is 1.67. The SMILES string of the molecule is C=CCC(C)C(N)=S. The predicted octanol–water partition coefficient (Wildman–Crippen LogP) is 1.48. The van der Waals surface area contributed by atoms with E-state index in [1.165, 1.54) is 0 Å². The molecule has 0 aromatic carbocycles. The number of nitrogens with two attached hydrogens (primary N) is 1. The lowest BCUT2D eigenvalue weighted by Crippen LogP contribution is -2.17. The fourth-order valence-electron chi connectivity index (χ4n) is 0.366. The molecular formula is C6H11NS. The predicted molar refractivity (Wildman–Crippen MR) is 40.8 cm³/mol.